The summed E-state index contributed by atoms with van der Waals surface area (Å²) < 4.78 is 0. The van der Waals surface area contributed by atoms with Gasteiger partial charge in [0.2, 0.25) is 0 Å². The molecule has 0 heterocycles. The number of nitro groups is 1. The minimum absolute atomic E-state index is 0.112. The van der Waals surface area contributed by atoms with Crippen molar-refractivity contribution in [3.8, 4) is 0 Å². The molecule has 2 aromatic rings. The number of hydrogen-bond acceptors (Lipinski definition) is 4. The SMILES string of the molecule is Cc1cc(Sc2cccc(N)c2)cc([N+](=O)[O-])c1. The molecule has 0 radical (unpaired) electrons. The standard InChI is InChI=1S/C13H12N2O2S/c1-9-5-11(15(16)17)8-13(6-9)18-12-4-2-3-10(14)7-12/h2-8H,14H2,1H3. The van der Waals surface area contributed by atoms with E-state index in [0.717, 1.165) is 15.4 Å². The lowest BCUT2D eigenvalue weighted by atomic mass is 10.2. The average Bonchev–Trinajstić information content (AvgIpc) is 2.28. The predicted octanol–water partition coefficient (Wildman–Crippen LogP) is 3.64. The minimum Gasteiger partial charge on any atom is -0.399 e. The number of nitro benzene ring substituents is 1. The van der Waals surface area contributed by atoms with Crippen LogP contribution in [0.4, 0.5) is 11.4 Å². The third-order valence-electron chi connectivity index (χ3n) is 2.34. The van der Waals surface area contributed by atoms with Crippen LogP contribution in [0.25, 0.3) is 0 Å². The van der Waals surface area contributed by atoms with Gasteiger partial charge in [0.05, 0.1) is 4.92 Å². The van der Waals surface area contributed by atoms with Crippen LogP contribution in [0.3, 0.4) is 0 Å². The molecular formula is C13H12N2O2S. The molecule has 18 heavy (non-hydrogen) atoms. The number of nitrogens with two attached hydrogens (primary N) is 1. The van der Waals surface area contributed by atoms with Crippen molar-refractivity contribution in [1.29, 1.82) is 0 Å². The molecule has 0 aliphatic rings. The summed E-state index contributed by atoms with van der Waals surface area (Å²) in [6.07, 6.45) is 0. The summed E-state index contributed by atoms with van der Waals surface area (Å²) in [5.74, 6) is 0. The lowest BCUT2D eigenvalue weighted by molar-refractivity contribution is -0.385. The maximum Gasteiger partial charge on any atom is 0.270 e. The van der Waals surface area contributed by atoms with Crippen LogP contribution in [-0.2, 0) is 0 Å². The second-order valence-corrected chi connectivity index (χ2v) is 5.08. The molecule has 0 aliphatic heterocycles. The van der Waals surface area contributed by atoms with Gasteiger partial charge in [0.1, 0.15) is 0 Å². The van der Waals surface area contributed by atoms with Crippen molar-refractivity contribution in [2.24, 2.45) is 0 Å². The van der Waals surface area contributed by atoms with E-state index in [9.17, 15) is 10.1 Å². The highest BCUT2D eigenvalue weighted by atomic mass is 32.2. The number of benzene rings is 2. The maximum atomic E-state index is 10.8. The van der Waals surface area contributed by atoms with Gasteiger partial charge in [-0.15, -0.1) is 0 Å². The summed E-state index contributed by atoms with van der Waals surface area (Å²) in [5, 5.41) is 10.8. The molecule has 0 unspecified atom stereocenters. The van der Waals surface area contributed by atoms with Crippen LogP contribution in [0.15, 0.2) is 52.3 Å². The first-order valence-electron chi connectivity index (χ1n) is 5.34. The van der Waals surface area contributed by atoms with E-state index in [0.29, 0.717) is 5.69 Å². The molecule has 0 aromatic heterocycles. The number of rotatable bonds is 3. The molecule has 0 atom stereocenters. The highest BCUT2D eigenvalue weighted by molar-refractivity contribution is 7.99. The van der Waals surface area contributed by atoms with Gasteiger partial charge in [-0.2, -0.15) is 0 Å². The number of non-ortho nitro benzene ring substituents is 1. The molecule has 0 fully saturated rings. The zero-order valence-electron chi connectivity index (χ0n) is 9.79. The van der Waals surface area contributed by atoms with Crippen molar-refractivity contribution in [3.05, 3.63) is 58.1 Å². The molecular weight excluding hydrogens is 248 g/mol. The van der Waals surface area contributed by atoms with E-state index in [1.807, 2.05) is 37.3 Å². The fraction of sp³-hybridized carbons (Fsp3) is 0.0769. The van der Waals surface area contributed by atoms with Crippen LogP contribution in [0, 0.1) is 17.0 Å². The molecule has 0 bridgehead atoms. The van der Waals surface area contributed by atoms with Gasteiger partial charge in [-0.3, -0.25) is 10.1 Å². The van der Waals surface area contributed by atoms with Gasteiger partial charge in [0, 0.05) is 27.6 Å². The minimum atomic E-state index is -0.379. The molecule has 2 N–H and O–H groups in total. The smallest absolute Gasteiger partial charge is 0.270 e. The molecule has 0 amide bonds. The molecule has 0 saturated heterocycles. The van der Waals surface area contributed by atoms with Crippen molar-refractivity contribution >= 4 is 23.1 Å². The van der Waals surface area contributed by atoms with Gasteiger partial charge in [0.15, 0.2) is 0 Å². The number of nitrogens with zero attached hydrogens (tertiary/aromatic N) is 1. The van der Waals surface area contributed by atoms with Crippen LogP contribution < -0.4 is 5.73 Å². The number of nitrogen functional groups attached to an aromatic ring is 1. The molecule has 92 valence electrons. The quantitative estimate of drug-likeness (QED) is 0.519. The van der Waals surface area contributed by atoms with Crippen LogP contribution in [0.2, 0.25) is 0 Å². The van der Waals surface area contributed by atoms with E-state index in [4.69, 9.17) is 5.73 Å². The Morgan fingerprint density at radius 3 is 2.61 bits per heavy atom. The zero-order valence-corrected chi connectivity index (χ0v) is 10.6. The molecule has 0 spiro atoms. The van der Waals surface area contributed by atoms with Crippen LogP contribution in [-0.4, -0.2) is 4.92 Å². The Bertz CT molecular complexity index is 599. The third kappa shape index (κ3) is 3.01. The van der Waals surface area contributed by atoms with Crippen LogP contribution in [0.5, 0.6) is 0 Å². The lowest BCUT2D eigenvalue weighted by Crippen LogP contribution is -1.89. The fourth-order valence-electron chi connectivity index (χ4n) is 1.61. The molecule has 2 rings (SSSR count). The van der Waals surface area contributed by atoms with Crippen molar-refractivity contribution < 1.29 is 4.92 Å². The first kappa shape index (κ1) is 12.4. The van der Waals surface area contributed by atoms with Crippen LogP contribution >= 0.6 is 11.8 Å². The van der Waals surface area contributed by atoms with Gasteiger partial charge < -0.3 is 5.73 Å². The first-order chi connectivity index (χ1) is 8.54. The Morgan fingerprint density at radius 1 is 1.17 bits per heavy atom. The Labute approximate surface area is 109 Å². The number of anilines is 1. The van der Waals surface area contributed by atoms with Gasteiger partial charge in [-0.1, -0.05) is 17.8 Å². The Kier molecular flexibility index (Phi) is 3.53. The fourth-order valence-corrected chi connectivity index (χ4v) is 2.65. The summed E-state index contributed by atoms with van der Waals surface area (Å²) in [6.45, 7) is 1.84. The summed E-state index contributed by atoms with van der Waals surface area (Å²) in [5.41, 5.74) is 7.36. The summed E-state index contributed by atoms with van der Waals surface area (Å²) in [4.78, 5) is 12.2. The van der Waals surface area contributed by atoms with E-state index in [-0.39, 0.29) is 10.6 Å². The first-order valence-corrected chi connectivity index (χ1v) is 6.16. The predicted molar refractivity (Wildman–Crippen MR) is 72.8 cm³/mol. The molecule has 2 aromatic carbocycles. The molecule has 0 aliphatic carbocycles. The molecule has 0 saturated carbocycles. The van der Waals surface area contributed by atoms with Crippen molar-refractivity contribution in [2.45, 2.75) is 16.7 Å². The van der Waals surface area contributed by atoms with Gasteiger partial charge in [-0.05, 0) is 36.8 Å². The largest absolute Gasteiger partial charge is 0.399 e. The Hall–Kier alpha value is -2.01. The van der Waals surface area contributed by atoms with E-state index < -0.39 is 0 Å². The normalized spacial score (nSPS) is 10.3. The van der Waals surface area contributed by atoms with Crippen LogP contribution in [0.1, 0.15) is 5.56 Å². The van der Waals surface area contributed by atoms with Gasteiger partial charge >= 0.3 is 0 Å². The number of aryl methyl sites for hydroxylation is 1. The maximum absolute atomic E-state index is 10.8. The molecule has 4 nitrogen and oxygen atoms in total. The van der Waals surface area contributed by atoms with E-state index in [1.165, 1.54) is 11.8 Å². The van der Waals surface area contributed by atoms with Crippen molar-refractivity contribution in [1.82, 2.24) is 0 Å². The topological polar surface area (TPSA) is 69.2 Å². The summed E-state index contributed by atoms with van der Waals surface area (Å²) >= 11 is 1.46. The van der Waals surface area contributed by atoms with E-state index >= 15 is 0 Å². The summed E-state index contributed by atoms with van der Waals surface area (Å²) in [6, 6.07) is 12.5. The lowest BCUT2D eigenvalue weighted by Gasteiger charge is -2.04. The Balaban J connectivity index is 2.31. The highest BCUT2D eigenvalue weighted by Crippen LogP contribution is 2.31. The van der Waals surface area contributed by atoms with E-state index in [2.05, 4.69) is 0 Å². The monoisotopic (exact) mass is 260 g/mol. The van der Waals surface area contributed by atoms with Gasteiger partial charge in [-0.25, -0.2) is 0 Å². The zero-order chi connectivity index (χ0) is 13.1. The third-order valence-corrected chi connectivity index (χ3v) is 3.30. The number of hydrogen-bond donors (Lipinski definition) is 1. The summed E-state index contributed by atoms with van der Waals surface area (Å²) in [7, 11) is 0. The average molecular weight is 260 g/mol. The second-order valence-electron chi connectivity index (χ2n) is 3.94. The van der Waals surface area contributed by atoms with Crippen molar-refractivity contribution in [2.75, 3.05) is 5.73 Å². The van der Waals surface area contributed by atoms with E-state index in [1.54, 1.807) is 12.1 Å². The Morgan fingerprint density at radius 2 is 1.94 bits per heavy atom. The second kappa shape index (κ2) is 5.10. The van der Waals surface area contributed by atoms with Crippen molar-refractivity contribution in [3.63, 3.8) is 0 Å². The highest BCUT2D eigenvalue weighted by Gasteiger charge is 2.09. The molecule has 5 heteroatoms. The van der Waals surface area contributed by atoms with Gasteiger partial charge in [0.25, 0.3) is 5.69 Å².